The van der Waals surface area contributed by atoms with Gasteiger partial charge in [-0.2, -0.15) is 11.3 Å². The van der Waals surface area contributed by atoms with Gasteiger partial charge in [0.15, 0.2) is 0 Å². The molecule has 0 bridgehead atoms. The molecule has 1 aromatic rings. The van der Waals surface area contributed by atoms with E-state index in [4.69, 9.17) is 0 Å². The molecule has 116 valence electrons. The first kappa shape index (κ1) is 16.0. The molecule has 1 N–H and O–H groups in total. The molecule has 1 aliphatic heterocycles. The molecule has 1 atom stereocenters. The number of carbonyl (C=O) groups excluding carboxylic acids is 2. The number of nitrogens with zero attached hydrogens (tertiary/aromatic N) is 1. The third-order valence-corrected chi connectivity index (χ3v) is 4.97. The molecule has 1 fully saturated rings. The van der Waals surface area contributed by atoms with Crippen LogP contribution in [0.2, 0.25) is 0 Å². The number of carbonyl (C=O) groups is 2. The lowest BCUT2D eigenvalue weighted by atomic mass is 9.94. The zero-order valence-electron chi connectivity index (χ0n) is 13.0. The van der Waals surface area contributed by atoms with Crippen molar-refractivity contribution in [3.8, 4) is 0 Å². The van der Waals surface area contributed by atoms with Crippen LogP contribution in [0.15, 0.2) is 16.8 Å². The lowest BCUT2D eigenvalue weighted by molar-refractivity contribution is -0.127. The van der Waals surface area contributed by atoms with Crippen molar-refractivity contribution in [1.82, 2.24) is 10.2 Å². The predicted molar refractivity (Wildman–Crippen MR) is 85.4 cm³/mol. The number of hydrogen-bond acceptors (Lipinski definition) is 3. The summed E-state index contributed by atoms with van der Waals surface area (Å²) >= 11 is 1.54. The number of nitrogens with one attached hydrogen (secondary N) is 1. The van der Waals surface area contributed by atoms with Gasteiger partial charge < -0.3 is 10.2 Å². The molecule has 5 heteroatoms. The number of rotatable bonds is 4. The highest BCUT2D eigenvalue weighted by atomic mass is 32.1. The summed E-state index contributed by atoms with van der Waals surface area (Å²) in [6.07, 6.45) is 1.51. The van der Waals surface area contributed by atoms with Gasteiger partial charge >= 0.3 is 0 Å². The maximum Gasteiger partial charge on any atom is 0.254 e. The first-order chi connectivity index (χ1) is 9.99. The Hall–Kier alpha value is -1.36. The van der Waals surface area contributed by atoms with Crippen LogP contribution in [0.5, 0.6) is 0 Å². The minimum Gasteiger partial charge on any atom is -0.353 e. The van der Waals surface area contributed by atoms with E-state index in [0.717, 1.165) is 18.4 Å². The van der Waals surface area contributed by atoms with E-state index in [1.165, 1.54) is 11.3 Å². The summed E-state index contributed by atoms with van der Waals surface area (Å²) in [7, 11) is 0. The van der Waals surface area contributed by atoms with Crippen LogP contribution in [0.25, 0.3) is 0 Å². The molecule has 1 saturated heterocycles. The average molecular weight is 308 g/mol. The fraction of sp³-hybridized carbons (Fsp3) is 0.625. The normalized spacial score (nSPS) is 17.8. The Morgan fingerprint density at radius 2 is 1.95 bits per heavy atom. The van der Waals surface area contributed by atoms with Crippen LogP contribution in [0, 0.1) is 11.8 Å². The Morgan fingerprint density at radius 1 is 1.29 bits per heavy atom. The van der Waals surface area contributed by atoms with Crippen molar-refractivity contribution in [3.63, 3.8) is 0 Å². The zero-order chi connectivity index (χ0) is 15.4. The lowest BCUT2D eigenvalue weighted by Gasteiger charge is -2.32. The van der Waals surface area contributed by atoms with E-state index >= 15 is 0 Å². The third-order valence-electron chi connectivity index (χ3n) is 4.29. The molecule has 0 spiro atoms. The lowest BCUT2D eigenvalue weighted by Crippen LogP contribution is -2.45. The van der Waals surface area contributed by atoms with Crippen molar-refractivity contribution < 1.29 is 9.59 Å². The summed E-state index contributed by atoms with van der Waals surface area (Å²) in [6.45, 7) is 7.59. The van der Waals surface area contributed by atoms with E-state index in [2.05, 4.69) is 19.2 Å². The number of hydrogen-bond donors (Lipinski definition) is 1. The quantitative estimate of drug-likeness (QED) is 0.930. The molecule has 1 aliphatic rings. The van der Waals surface area contributed by atoms with Crippen LogP contribution >= 0.6 is 11.3 Å². The van der Waals surface area contributed by atoms with Gasteiger partial charge in [0.2, 0.25) is 5.91 Å². The molecule has 1 aromatic heterocycles. The predicted octanol–water partition coefficient (Wildman–Crippen LogP) is 2.76. The summed E-state index contributed by atoms with van der Waals surface area (Å²) in [4.78, 5) is 26.3. The van der Waals surface area contributed by atoms with E-state index in [-0.39, 0.29) is 23.8 Å². The molecule has 0 radical (unpaired) electrons. The minimum atomic E-state index is 0.0396. The molecule has 1 unspecified atom stereocenters. The van der Waals surface area contributed by atoms with Crippen molar-refractivity contribution in [3.05, 3.63) is 22.4 Å². The summed E-state index contributed by atoms with van der Waals surface area (Å²) in [5, 5.41) is 6.88. The second-order valence-corrected chi connectivity index (χ2v) is 6.90. The molecule has 21 heavy (non-hydrogen) atoms. The van der Waals surface area contributed by atoms with Crippen LogP contribution in [0.4, 0.5) is 0 Å². The Morgan fingerprint density at radius 3 is 2.48 bits per heavy atom. The van der Waals surface area contributed by atoms with Gasteiger partial charge in [-0.25, -0.2) is 0 Å². The van der Waals surface area contributed by atoms with Crippen LogP contribution < -0.4 is 5.32 Å². The molecule has 2 amide bonds. The van der Waals surface area contributed by atoms with Crippen LogP contribution in [0.3, 0.4) is 0 Å². The Balaban J connectivity index is 1.83. The minimum absolute atomic E-state index is 0.0396. The van der Waals surface area contributed by atoms with Gasteiger partial charge in [-0.15, -0.1) is 0 Å². The number of amides is 2. The van der Waals surface area contributed by atoms with Crippen molar-refractivity contribution in [2.24, 2.45) is 11.8 Å². The SMILES string of the molecule is CC(C)C(C)NC(=O)C1CCN(C(=O)c2ccsc2)CC1. The maximum atomic E-state index is 12.2. The van der Waals surface area contributed by atoms with Crippen molar-refractivity contribution in [2.75, 3.05) is 13.1 Å². The largest absolute Gasteiger partial charge is 0.353 e. The summed E-state index contributed by atoms with van der Waals surface area (Å²) in [5.74, 6) is 0.705. The Bertz CT molecular complexity index is 476. The maximum absolute atomic E-state index is 12.2. The van der Waals surface area contributed by atoms with Crippen molar-refractivity contribution in [2.45, 2.75) is 39.7 Å². The van der Waals surface area contributed by atoms with Crippen LogP contribution in [-0.4, -0.2) is 35.8 Å². The van der Waals surface area contributed by atoms with Gasteiger partial charge in [0.1, 0.15) is 0 Å². The standard InChI is InChI=1S/C16H24N2O2S/c1-11(2)12(3)17-15(19)13-4-7-18(8-5-13)16(20)14-6-9-21-10-14/h6,9-13H,4-5,7-8H2,1-3H3,(H,17,19). The third kappa shape index (κ3) is 4.06. The Labute approximate surface area is 130 Å². The van der Waals surface area contributed by atoms with Gasteiger partial charge in [0.25, 0.3) is 5.91 Å². The summed E-state index contributed by atoms with van der Waals surface area (Å²) < 4.78 is 0. The first-order valence-electron chi connectivity index (χ1n) is 7.61. The van der Waals surface area contributed by atoms with E-state index in [0.29, 0.717) is 19.0 Å². The molecule has 0 saturated carbocycles. The molecule has 2 heterocycles. The van der Waals surface area contributed by atoms with Gasteiger partial charge in [0, 0.05) is 30.4 Å². The first-order valence-corrected chi connectivity index (χ1v) is 8.55. The van der Waals surface area contributed by atoms with Gasteiger partial charge in [-0.05, 0) is 37.1 Å². The van der Waals surface area contributed by atoms with Gasteiger partial charge in [-0.3, -0.25) is 9.59 Å². The topological polar surface area (TPSA) is 49.4 Å². The highest BCUT2D eigenvalue weighted by molar-refractivity contribution is 7.08. The van der Waals surface area contributed by atoms with Crippen molar-refractivity contribution in [1.29, 1.82) is 0 Å². The highest BCUT2D eigenvalue weighted by Gasteiger charge is 2.28. The van der Waals surface area contributed by atoms with E-state index in [9.17, 15) is 9.59 Å². The van der Waals surface area contributed by atoms with Crippen LogP contribution in [0.1, 0.15) is 44.0 Å². The second-order valence-electron chi connectivity index (χ2n) is 6.12. The fourth-order valence-corrected chi connectivity index (χ4v) is 3.05. The summed E-state index contributed by atoms with van der Waals surface area (Å²) in [6, 6.07) is 2.05. The monoisotopic (exact) mass is 308 g/mol. The number of likely N-dealkylation sites (tertiary alicyclic amines) is 1. The highest BCUT2D eigenvalue weighted by Crippen LogP contribution is 2.20. The fourth-order valence-electron chi connectivity index (χ4n) is 2.42. The van der Waals surface area contributed by atoms with E-state index in [1.54, 1.807) is 0 Å². The Kier molecular flexibility index (Phi) is 5.39. The number of piperidine rings is 1. The molecular weight excluding hydrogens is 284 g/mol. The molecule has 0 aromatic carbocycles. The molecule has 4 nitrogen and oxygen atoms in total. The molecular formula is C16H24N2O2S. The van der Waals surface area contributed by atoms with E-state index in [1.807, 2.05) is 28.7 Å². The van der Waals surface area contributed by atoms with Crippen molar-refractivity contribution >= 4 is 23.2 Å². The van der Waals surface area contributed by atoms with E-state index < -0.39 is 0 Å². The molecule has 0 aliphatic carbocycles. The van der Waals surface area contributed by atoms with Crippen LogP contribution in [-0.2, 0) is 4.79 Å². The zero-order valence-corrected chi connectivity index (χ0v) is 13.8. The number of thiophene rings is 1. The smallest absolute Gasteiger partial charge is 0.254 e. The second kappa shape index (κ2) is 7.07. The van der Waals surface area contributed by atoms with Gasteiger partial charge in [-0.1, -0.05) is 13.8 Å². The van der Waals surface area contributed by atoms with Gasteiger partial charge in [0.05, 0.1) is 5.56 Å². The molecule has 2 rings (SSSR count). The average Bonchev–Trinajstić information content (AvgIpc) is 3.00. The summed E-state index contributed by atoms with van der Waals surface area (Å²) in [5.41, 5.74) is 0.760.